The Labute approximate surface area is 836 Å². The third-order valence-corrected chi connectivity index (χ3v) is 30.0. The topological polar surface area (TPSA) is 792 Å². The summed E-state index contributed by atoms with van der Waals surface area (Å²) in [7, 11) is 0. The Hall–Kier alpha value is -13.0. The first-order valence-corrected chi connectivity index (χ1v) is 51.4. The maximum absolute atomic E-state index is 15.2. The fourth-order valence-electron chi connectivity index (χ4n) is 14.5. The van der Waals surface area contributed by atoms with Gasteiger partial charge in [-0.25, -0.2) is 44.9 Å². The van der Waals surface area contributed by atoms with Crippen LogP contribution in [0.4, 0.5) is 0 Å². The normalized spacial score (nSPS) is 13.1. The van der Waals surface area contributed by atoms with E-state index >= 15 is 19.2 Å². The van der Waals surface area contributed by atoms with Crippen molar-refractivity contribution in [3.8, 4) is 0 Å². The predicted octanol–water partition coefficient (Wildman–Crippen LogP) is 5.85. The molecule has 139 heavy (non-hydrogen) atoms. The summed E-state index contributed by atoms with van der Waals surface area (Å²) in [6, 6.07) is -8.23. The maximum Gasteiger partial charge on any atom is 0.263 e. The standard InChI is InChI=1S/C83H119N37O10S9/c1-32(51-60(69(84)122)131-39(8)110-51)103-70(123)63-54(118-48(137-63)23-17-29-100-81(91)92)36(5)107-74(127)67-58(114-43(12)135-67)46(21-15-27-98-79(87)88)116-77(130)62-53(112-41(10)133-62)34(3)105-72(125)65-56(120-50(139-65)25-19-31-102-83(95)96)37(6)108-75(128)68-59(115-44(13)136-68)47(22-16-28-99-80(89)90)117-76(129)61-52(111-40(9)132-61)33(2)104-71(124)64-55(119-49(138-64)24-18-30-101-82(93)94)35(4)106-73(126)66-57(113-42(11)134-66)45(109-38(7)121)20-14-26-97-78(85)86/h32-37,45-47H,14-31H2,1-13H3,(H2,84,122)(H,103,123)(H,104,124)(H,105,125)(H,106,126)(H,107,127)(H,108,128)(H,109,121)(H,116,130)(H,117,129)(H4,85,86,97)(H4,87,88,98)(H4,89,90,99)(H4,91,92,100)(H4,93,94,101)(H4,95,96,102)/t32-,33-,34-,35-,36-,37-,45-,46-,47-/m0/s1. The monoisotopic (exact) mass is 2080 g/mol. The van der Waals surface area contributed by atoms with Crippen LogP contribution in [-0.2, 0) is 24.1 Å². The summed E-state index contributed by atoms with van der Waals surface area (Å²) in [6.45, 7) is 23.1. The first-order chi connectivity index (χ1) is 65.7. The molecule has 47 nitrogen and oxygen atoms in total. The molecule has 0 saturated carbocycles. The Kier molecular flexibility index (Phi) is 40.3. The minimum atomic E-state index is -1.02. The molecule has 0 aliphatic rings. The highest BCUT2D eigenvalue weighted by Gasteiger charge is 2.38. The minimum Gasteiger partial charge on any atom is -0.370 e. The molecule has 56 heteroatoms. The van der Waals surface area contributed by atoms with Crippen molar-refractivity contribution in [3.05, 3.63) is 140 Å². The van der Waals surface area contributed by atoms with Gasteiger partial charge in [0.1, 0.15) is 43.9 Å². The van der Waals surface area contributed by atoms with Crippen LogP contribution in [-0.4, -0.2) is 179 Å². The lowest BCUT2D eigenvalue weighted by Crippen LogP contribution is -2.35. The molecule has 10 amide bonds. The molecule has 9 aromatic rings. The second kappa shape index (κ2) is 51.1. The van der Waals surface area contributed by atoms with Crippen molar-refractivity contribution in [2.45, 2.75) is 221 Å². The Morgan fingerprint density at radius 1 is 0.252 bits per heavy atom. The quantitative estimate of drug-likeness (QED) is 0.0121. The molecular formula is C83H119N37O10S9. The van der Waals surface area contributed by atoms with E-state index in [-0.39, 0.29) is 170 Å². The van der Waals surface area contributed by atoms with Crippen molar-refractivity contribution < 1.29 is 47.9 Å². The van der Waals surface area contributed by atoms with Crippen LogP contribution in [0, 0.1) is 74.0 Å². The molecule has 0 fully saturated rings. The molecule has 9 heterocycles. The van der Waals surface area contributed by atoms with Crippen molar-refractivity contribution in [3.63, 3.8) is 0 Å². The number of carbonyl (C=O) groups is 10. The van der Waals surface area contributed by atoms with Gasteiger partial charge >= 0.3 is 0 Å². The van der Waals surface area contributed by atoms with Crippen molar-refractivity contribution in [2.24, 2.45) is 40.1 Å². The van der Waals surface area contributed by atoms with E-state index in [0.717, 1.165) is 102 Å². The number of aryl methyl sites for hydroxylation is 9. The van der Waals surface area contributed by atoms with Gasteiger partial charge in [-0.15, -0.1) is 102 Å². The fourth-order valence-corrected chi connectivity index (χ4v) is 23.2. The zero-order valence-electron chi connectivity index (χ0n) is 78.7. The lowest BCUT2D eigenvalue weighted by molar-refractivity contribution is -0.119. The van der Waals surface area contributed by atoms with E-state index < -0.39 is 108 Å². The summed E-state index contributed by atoms with van der Waals surface area (Å²) in [5, 5.41) is 94.6. The minimum absolute atomic E-state index is 0.0896. The van der Waals surface area contributed by atoms with E-state index in [2.05, 4.69) is 89.7 Å². The third kappa shape index (κ3) is 31.5. The van der Waals surface area contributed by atoms with Gasteiger partial charge in [-0.3, -0.25) is 80.4 Å². The van der Waals surface area contributed by atoms with E-state index in [1.54, 1.807) is 83.1 Å². The molecule has 9 rings (SSSR count). The maximum atomic E-state index is 15.2. The molecule has 9 aromatic heterocycles. The number of aromatic nitrogens is 9. The first-order valence-electron chi connectivity index (χ1n) is 44.1. The average molecular weight is 2080 g/mol. The number of rotatable bonds is 51. The lowest BCUT2D eigenvalue weighted by atomic mass is 10.1. The molecule has 750 valence electrons. The SMILES string of the molecule is CC(=O)N[C@@H](CCCNC(=N)N)c1nc(C)sc1C(=O)N[C@@H](C)c1nc(CCCNC(=N)N)sc1C(=O)N[C@@H](C)c1nc(C)sc1C(=O)N[C@@H](CCCNC(=N)N)c1nc(C)sc1C(=O)N[C@@H](C)c1nc(CCCNC(=N)N)sc1C(=O)N[C@@H](C)c1nc(C)sc1C(=O)N[C@@H](CCCNC(=N)N)c1nc(C)sc1C(=O)N[C@@H](C)c1nc(CCCNC(=N)N)sc1C(=O)N[C@@H](C)c1nc(C)sc1C(N)=O. The first kappa shape index (κ1) is 110. The van der Waals surface area contributed by atoms with Crippen LogP contribution in [0.5, 0.6) is 0 Å². The summed E-state index contributed by atoms with van der Waals surface area (Å²) < 4.78 is 0. The molecule has 0 saturated heterocycles. The second-order valence-electron chi connectivity index (χ2n) is 32.3. The van der Waals surface area contributed by atoms with Crippen molar-refractivity contribution in [1.82, 2.24) is 125 Å². The van der Waals surface area contributed by atoms with Crippen molar-refractivity contribution in [2.75, 3.05) is 39.3 Å². The zero-order chi connectivity index (χ0) is 102. The number of thiazole rings is 9. The van der Waals surface area contributed by atoms with Crippen LogP contribution < -0.4 is 120 Å². The Morgan fingerprint density at radius 3 is 0.655 bits per heavy atom. The Morgan fingerprint density at radius 2 is 0.432 bits per heavy atom. The highest BCUT2D eigenvalue weighted by Crippen LogP contribution is 2.38. The van der Waals surface area contributed by atoms with Gasteiger partial charge in [0.2, 0.25) is 5.91 Å². The predicted molar refractivity (Wildman–Crippen MR) is 540 cm³/mol. The van der Waals surface area contributed by atoms with E-state index in [4.69, 9.17) is 107 Å². The molecule has 0 spiro atoms. The van der Waals surface area contributed by atoms with Crippen molar-refractivity contribution in [1.29, 1.82) is 32.5 Å². The summed E-state index contributed by atoms with van der Waals surface area (Å²) in [5.41, 5.74) is 41.3. The molecular weight excluding hydrogens is 1960 g/mol. The smallest absolute Gasteiger partial charge is 0.263 e. The van der Waals surface area contributed by atoms with Crippen LogP contribution in [0.3, 0.4) is 0 Å². The molecule has 0 aromatic carbocycles. The highest BCUT2D eigenvalue weighted by molar-refractivity contribution is 7.16. The van der Waals surface area contributed by atoms with Gasteiger partial charge in [0.25, 0.3) is 53.2 Å². The van der Waals surface area contributed by atoms with Crippen LogP contribution >= 0.6 is 102 Å². The number of nitrogens with two attached hydrogens (primary N) is 7. The number of nitrogens with zero attached hydrogens (tertiary/aromatic N) is 9. The number of hydrogen-bond acceptors (Lipinski definition) is 34. The zero-order valence-corrected chi connectivity index (χ0v) is 86.1. The Bertz CT molecular complexity index is 6020. The van der Waals surface area contributed by atoms with Crippen LogP contribution in [0.15, 0.2) is 0 Å². The molecule has 0 bridgehead atoms. The lowest BCUT2D eigenvalue weighted by Gasteiger charge is -2.21. The van der Waals surface area contributed by atoms with E-state index in [1.807, 2.05) is 0 Å². The van der Waals surface area contributed by atoms with Crippen molar-refractivity contribution >= 4 is 197 Å². The highest BCUT2D eigenvalue weighted by atomic mass is 32.1. The van der Waals surface area contributed by atoms with E-state index in [9.17, 15) is 28.8 Å². The summed E-state index contributed by atoms with van der Waals surface area (Å²) >= 11 is 9.70. The van der Waals surface area contributed by atoms with Gasteiger partial charge < -0.3 is 120 Å². The van der Waals surface area contributed by atoms with Gasteiger partial charge in [-0.05, 0) is 141 Å². The van der Waals surface area contributed by atoms with E-state index in [1.165, 1.54) is 6.92 Å². The Balaban J connectivity index is 0.945. The van der Waals surface area contributed by atoms with Gasteiger partial charge in [0.15, 0.2) is 35.8 Å². The number of carbonyl (C=O) groups excluding carboxylic acids is 10. The van der Waals surface area contributed by atoms with Crippen LogP contribution in [0.1, 0.15) is 344 Å². The number of nitrogens with one attached hydrogen (secondary N) is 21. The third-order valence-electron chi connectivity index (χ3n) is 20.7. The van der Waals surface area contributed by atoms with Crippen LogP contribution in [0.25, 0.3) is 0 Å². The van der Waals surface area contributed by atoms with Crippen LogP contribution in [0.2, 0.25) is 0 Å². The average Bonchev–Trinajstić information content (AvgIpc) is 1.66. The molecule has 0 unspecified atom stereocenters. The molecule has 0 aliphatic carbocycles. The number of amides is 10. The fraction of sp³-hybridized carbons (Fsp3) is 0.482. The molecule has 9 atom stereocenters. The van der Waals surface area contributed by atoms with Gasteiger partial charge in [-0.2, -0.15) is 0 Å². The second-order valence-corrected chi connectivity index (χ2v) is 42.7. The summed E-state index contributed by atoms with van der Waals surface area (Å²) in [6.07, 6.45) is 4.04. The van der Waals surface area contributed by atoms with Gasteiger partial charge in [-0.1, -0.05) is 0 Å². The molecule has 0 aliphatic heterocycles. The number of primary amides is 1. The van der Waals surface area contributed by atoms with Gasteiger partial charge in [0.05, 0.1) is 151 Å². The summed E-state index contributed by atoms with van der Waals surface area (Å²) in [5.74, 6) is -7.48. The number of guanidine groups is 6. The number of hydrogen-bond donors (Lipinski definition) is 28. The van der Waals surface area contributed by atoms with E-state index in [0.29, 0.717) is 128 Å². The molecule has 35 N–H and O–H groups in total. The molecule has 0 radical (unpaired) electrons. The van der Waals surface area contributed by atoms with Gasteiger partial charge in [0, 0.05) is 65.5 Å². The summed E-state index contributed by atoms with van der Waals surface area (Å²) in [4.78, 5) is 189. The largest absolute Gasteiger partial charge is 0.370 e.